The van der Waals surface area contributed by atoms with Gasteiger partial charge in [0, 0.05) is 5.56 Å². The van der Waals surface area contributed by atoms with Crippen LogP contribution in [0.2, 0.25) is 18.1 Å². The van der Waals surface area contributed by atoms with E-state index >= 15 is 0 Å². The first-order valence-corrected chi connectivity index (χ1v) is 11.0. The highest BCUT2D eigenvalue weighted by atomic mass is 28.4. The summed E-state index contributed by atoms with van der Waals surface area (Å²) in [6.07, 6.45) is 1.63. The lowest BCUT2D eigenvalue weighted by Crippen LogP contribution is -2.40. The number of hydrogen-bond acceptors (Lipinski definition) is 5. The Morgan fingerprint density at radius 2 is 1.96 bits per heavy atom. The van der Waals surface area contributed by atoms with Crippen LogP contribution in [-0.4, -0.2) is 23.4 Å². The summed E-state index contributed by atoms with van der Waals surface area (Å²) in [4.78, 5) is 8.49. The predicted molar refractivity (Wildman–Crippen MR) is 99.8 cm³/mol. The van der Waals surface area contributed by atoms with Crippen molar-refractivity contribution in [2.75, 3.05) is 5.73 Å². The number of anilines is 1. The Kier molecular flexibility index (Phi) is 5.42. The highest BCUT2D eigenvalue weighted by Gasteiger charge is 2.36. The number of nitrogens with two attached hydrogens (primary N) is 1. The van der Waals surface area contributed by atoms with Crippen molar-refractivity contribution in [2.45, 2.75) is 52.1 Å². The number of aromatic nitrogens is 2. The van der Waals surface area contributed by atoms with E-state index in [1.807, 2.05) is 18.2 Å². The summed E-state index contributed by atoms with van der Waals surface area (Å²) in [5.74, 6) is 0.263. The van der Waals surface area contributed by atoms with Crippen LogP contribution in [0, 0.1) is 0 Å². The van der Waals surface area contributed by atoms with Crippen LogP contribution in [0.3, 0.4) is 0 Å². The number of aliphatic hydroxyl groups is 1. The Morgan fingerprint density at radius 3 is 2.58 bits per heavy atom. The fourth-order valence-electron chi connectivity index (χ4n) is 1.99. The van der Waals surface area contributed by atoms with Crippen molar-refractivity contribution in [3.8, 4) is 11.3 Å². The maximum Gasteiger partial charge on any atom is 0.192 e. The molecule has 1 aromatic heterocycles. The first kappa shape index (κ1) is 18.6. The molecule has 1 aromatic carbocycles. The monoisotopic (exact) mass is 345 g/mol. The molecule has 0 radical (unpaired) electrons. The smallest absolute Gasteiger partial charge is 0.192 e. The van der Waals surface area contributed by atoms with Gasteiger partial charge in [0.1, 0.15) is 11.5 Å². The summed E-state index contributed by atoms with van der Waals surface area (Å²) in [5.41, 5.74) is 8.83. The van der Waals surface area contributed by atoms with Gasteiger partial charge in [-0.05, 0) is 29.8 Å². The normalized spacial score (nSPS) is 12.4. The molecular weight excluding hydrogens is 318 g/mol. The molecule has 5 nitrogen and oxygen atoms in total. The molecule has 2 aromatic rings. The molecule has 3 N–H and O–H groups in total. The molecule has 0 saturated carbocycles. The zero-order chi connectivity index (χ0) is 18.0. The Labute approximate surface area is 145 Å². The molecule has 0 atom stereocenters. The van der Waals surface area contributed by atoms with E-state index in [1.54, 1.807) is 6.20 Å². The van der Waals surface area contributed by atoms with Gasteiger partial charge in [-0.3, -0.25) is 0 Å². The fourth-order valence-corrected chi connectivity index (χ4v) is 2.95. The molecular formula is C18H27N3O2Si. The summed E-state index contributed by atoms with van der Waals surface area (Å²) >= 11 is 0. The Morgan fingerprint density at radius 1 is 1.25 bits per heavy atom. The van der Waals surface area contributed by atoms with E-state index in [1.165, 1.54) is 0 Å². The van der Waals surface area contributed by atoms with E-state index in [0.29, 0.717) is 18.0 Å². The van der Waals surface area contributed by atoms with Crippen LogP contribution in [0.4, 0.5) is 5.82 Å². The molecule has 1 heterocycles. The van der Waals surface area contributed by atoms with Gasteiger partial charge >= 0.3 is 0 Å². The molecule has 0 aliphatic heterocycles. The molecule has 6 heteroatoms. The van der Waals surface area contributed by atoms with Crippen LogP contribution >= 0.6 is 0 Å². The van der Waals surface area contributed by atoms with Crippen molar-refractivity contribution < 1.29 is 9.53 Å². The average molecular weight is 346 g/mol. The lowest BCUT2D eigenvalue weighted by atomic mass is 10.1. The minimum atomic E-state index is -1.78. The molecule has 0 amide bonds. The lowest BCUT2D eigenvalue weighted by molar-refractivity contribution is 0.276. The fraction of sp³-hybridized carbons (Fsp3) is 0.444. The summed E-state index contributed by atoms with van der Waals surface area (Å²) in [6, 6.07) is 8.05. The first-order chi connectivity index (χ1) is 11.1. The van der Waals surface area contributed by atoms with Crippen molar-refractivity contribution >= 4 is 14.1 Å². The van der Waals surface area contributed by atoms with Gasteiger partial charge in [0.15, 0.2) is 8.32 Å². The van der Waals surface area contributed by atoms with Crippen LogP contribution < -0.4 is 5.73 Å². The van der Waals surface area contributed by atoms with E-state index in [4.69, 9.17) is 10.2 Å². The maximum atomic E-state index is 9.30. The van der Waals surface area contributed by atoms with Gasteiger partial charge in [-0.2, -0.15) is 0 Å². The Balaban J connectivity index is 2.21. The van der Waals surface area contributed by atoms with Gasteiger partial charge in [0.25, 0.3) is 0 Å². The van der Waals surface area contributed by atoms with Crippen LogP contribution in [0.5, 0.6) is 0 Å². The minimum absolute atomic E-state index is 0.184. The number of hydrogen-bond donors (Lipinski definition) is 2. The second-order valence-electron chi connectivity index (χ2n) is 7.49. The summed E-state index contributed by atoms with van der Waals surface area (Å²) in [6.45, 7) is 11.5. The van der Waals surface area contributed by atoms with Crippen molar-refractivity contribution in [3.63, 3.8) is 0 Å². The number of rotatable bonds is 5. The summed E-state index contributed by atoms with van der Waals surface area (Å²) in [5, 5.41) is 9.48. The Bertz CT molecular complexity index is 712. The van der Waals surface area contributed by atoms with Gasteiger partial charge in [-0.1, -0.05) is 39.0 Å². The minimum Gasteiger partial charge on any atom is -0.413 e. The van der Waals surface area contributed by atoms with E-state index in [0.717, 1.165) is 11.1 Å². The molecule has 0 fully saturated rings. The standard InChI is InChI=1S/C18H27N3O2Si/c1-18(2,3)24(4,5)23-12-13-7-6-8-14(9-13)15-10-20-17(19)16(11-22)21-15/h6-10,22H,11-12H2,1-5H3,(H2,19,20). The largest absolute Gasteiger partial charge is 0.413 e. The number of benzene rings is 1. The number of aliphatic hydroxyl groups excluding tert-OH is 1. The Hall–Kier alpha value is -1.76. The highest BCUT2D eigenvalue weighted by molar-refractivity contribution is 6.74. The van der Waals surface area contributed by atoms with Crippen LogP contribution in [0.1, 0.15) is 32.0 Å². The van der Waals surface area contributed by atoms with Gasteiger partial charge in [0.2, 0.25) is 0 Å². The van der Waals surface area contributed by atoms with E-state index < -0.39 is 8.32 Å². The van der Waals surface area contributed by atoms with Crippen molar-refractivity contribution in [3.05, 3.63) is 41.7 Å². The van der Waals surface area contributed by atoms with Gasteiger partial charge in [0.05, 0.1) is 25.1 Å². The van der Waals surface area contributed by atoms with Gasteiger partial charge in [-0.25, -0.2) is 9.97 Å². The van der Waals surface area contributed by atoms with Crippen molar-refractivity contribution in [2.24, 2.45) is 0 Å². The third-order valence-electron chi connectivity index (χ3n) is 4.66. The van der Waals surface area contributed by atoms with Crippen molar-refractivity contribution in [1.29, 1.82) is 0 Å². The quantitative estimate of drug-likeness (QED) is 0.807. The zero-order valence-corrected chi connectivity index (χ0v) is 16.1. The first-order valence-electron chi connectivity index (χ1n) is 8.09. The highest BCUT2D eigenvalue weighted by Crippen LogP contribution is 2.37. The molecule has 2 rings (SSSR count). The molecule has 0 aliphatic rings. The molecule has 0 unspecified atom stereocenters. The number of nitrogen functional groups attached to an aromatic ring is 1. The third-order valence-corrected chi connectivity index (χ3v) is 9.13. The molecule has 24 heavy (non-hydrogen) atoms. The topological polar surface area (TPSA) is 81.3 Å². The zero-order valence-electron chi connectivity index (χ0n) is 15.1. The molecule has 0 saturated heterocycles. The van der Waals surface area contributed by atoms with Crippen LogP contribution in [0.25, 0.3) is 11.3 Å². The lowest BCUT2D eigenvalue weighted by Gasteiger charge is -2.36. The molecule has 130 valence electrons. The summed E-state index contributed by atoms with van der Waals surface area (Å²) < 4.78 is 6.28. The van der Waals surface area contributed by atoms with E-state index in [9.17, 15) is 5.11 Å². The SMILES string of the molecule is CC(C)(C)[Si](C)(C)OCc1cccc(-c2cnc(N)c(CO)n2)c1. The summed E-state index contributed by atoms with van der Waals surface area (Å²) in [7, 11) is -1.78. The van der Waals surface area contributed by atoms with E-state index in [2.05, 4.69) is 49.9 Å². The maximum absolute atomic E-state index is 9.30. The van der Waals surface area contributed by atoms with Gasteiger partial charge in [-0.15, -0.1) is 0 Å². The van der Waals surface area contributed by atoms with E-state index in [-0.39, 0.29) is 17.5 Å². The van der Waals surface area contributed by atoms with Crippen LogP contribution in [-0.2, 0) is 17.6 Å². The number of nitrogens with zero attached hydrogens (tertiary/aromatic N) is 2. The molecule has 0 spiro atoms. The van der Waals surface area contributed by atoms with Crippen LogP contribution in [0.15, 0.2) is 30.5 Å². The second kappa shape index (κ2) is 7.00. The van der Waals surface area contributed by atoms with Gasteiger partial charge < -0.3 is 15.3 Å². The average Bonchev–Trinajstić information content (AvgIpc) is 2.53. The van der Waals surface area contributed by atoms with Crippen molar-refractivity contribution in [1.82, 2.24) is 9.97 Å². The second-order valence-corrected chi connectivity index (χ2v) is 12.3. The molecule has 0 aliphatic carbocycles. The molecule has 0 bridgehead atoms. The third kappa shape index (κ3) is 4.20. The predicted octanol–water partition coefficient (Wildman–Crippen LogP) is 3.74.